The van der Waals surface area contributed by atoms with E-state index >= 15 is 0 Å². The van der Waals surface area contributed by atoms with Crippen molar-refractivity contribution in [3.8, 4) is 0 Å². The van der Waals surface area contributed by atoms with Crippen LogP contribution >= 0.6 is 0 Å². The Balaban J connectivity index is 2.87. The smallest absolute Gasteiger partial charge is 0.0832 e. The highest BCUT2D eigenvalue weighted by Crippen LogP contribution is 2.38. The third kappa shape index (κ3) is 3.94. The van der Waals surface area contributed by atoms with E-state index in [1.807, 2.05) is 0 Å². The summed E-state index contributed by atoms with van der Waals surface area (Å²) >= 11 is 0. The van der Waals surface area contributed by atoms with Crippen LogP contribution < -0.4 is 11.1 Å². The summed E-state index contributed by atoms with van der Waals surface area (Å²) in [4.78, 5) is 0. The fourth-order valence-corrected chi connectivity index (χ4v) is 3.59. The Kier molecular flexibility index (Phi) is 3.98. The normalized spacial score (nSPS) is 28.1. The quantitative estimate of drug-likeness (QED) is 0.710. The van der Waals surface area contributed by atoms with E-state index < -0.39 is 5.60 Å². The van der Waals surface area contributed by atoms with Gasteiger partial charge in [-0.2, -0.15) is 0 Å². The molecule has 3 nitrogen and oxygen atoms in total. The van der Waals surface area contributed by atoms with E-state index in [1.54, 1.807) is 0 Å². The van der Waals surface area contributed by atoms with Gasteiger partial charge in [0.25, 0.3) is 0 Å². The van der Waals surface area contributed by atoms with Crippen molar-refractivity contribution in [2.24, 2.45) is 11.7 Å². The van der Waals surface area contributed by atoms with Gasteiger partial charge in [-0.15, -0.1) is 0 Å². The molecule has 0 aromatic rings. The average Bonchev–Trinajstić information content (AvgIpc) is 1.94. The van der Waals surface area contributed by atoms with Crippen molar-refractivity contribution in [1.29, 1.82) is 0 Å². The van der Waals surface area contributed by atoms with Crippen LogP contribution in [0.15, 0.2) is 0 Å². The lowest BCUT2D eigenvalue weighted by Crippen LogP contribution is -2.67. The van der Waals surface area contributed by atoms with Gasteiger partial charge in [0.1, 0.15) is 0 Å². The van der Waals surface area contributed by atoms with Crippen molar-refractivity contribution in [1.82, 2.24) is 5.32 Å². The molecule has 0 radical (unpaired) electrons. The first-order valence-electron chi connectivity index (χ1n) is 6.73. The second-order valence-corrected chi connectivity index (χ2v) is 7.59. The molecule has 4 N–H and O–H groups in total. The fourth-order valence-electron chi connectivity index (χ4n) is 3.59. The van der Waals surface area contributed by atoms with Gasteiger partial charge < -0.3 is 16.2 Å². The highest BCUT2D eigenvalue weighted by atomic mass is 16.3. The molecule has 1 rings (SSSR count). The summed E-state index contributed by atoms with van der Waals surface area (Å²) in [6.45, 7) is 12.9. The van der Waals surface area contributed by atoms with Crippen LogP contribution in [0.4, 0.5) is 0 Å². The Bertz CT molecular complexity index is 255. The van der Waals surface area contributed by atoms with Gasteiger partial charge in [-0.3, -0.25) is 0 Å². The van der Waals surface area contributed by atoms with Crippen LogP contribution in [0.3, 0.4) is 0 Å². The molecule has 0 saturated carbocycles. The maximum absolute atomic E-state index is 10.9. The molecule has 0 aromatic heterocycles. The lowest BCUT2D eigenvalue weighted by atomic mass is 9.68. The first-order chi connectivity index (χ1) is 7.46. The largest absolute Gasteiger partial charge is 0.388 e. The number of hydrogen-bond acceptors (Lipinski definition) is 3. The number of nitrogens with one attached hydrogen (secondary N) is 1. The van der Waals surface area contributed by atoms with E-state index in [2.05, 4.69) is 46.9 Å². The molecule has 1 aliphatic heterocycles. The van der Waals surface area contributed by atoms with Gasteiger partial charge in [0.05, 0.1) is 5.60 Å². The van der Waals surface area contributed by atoms with Crippen molar-refractivity contribution in [2.75, 3.05) is 0 Å². The van der Waals surface area contributed by atoms with Gasteiger partial charge in [0, 0.05) is 17.1 Å². The maximum atomic E-state index is 10.9. The zero-order valence-corrected chi connectivity index (χ0v) is 12.3. The van der Waals surface area contributed by atoms with Crippen molar-refractivity contribution >= 4 is 0 Å². The molecule has 1 saturated heterocycles. The first kappa shape index (κ1) is 14.9. The topological polar surface area (TPSA) is 58.3 Å². The van der Waals surface area contributed by atoms with Gasteiger partial charge in [-0.25, -0.2) is 0 Å². The SMILES string of the molecule is CC(C)CC(N)C1(O)CC(C)(C)NC(C)(C)C1. The van der Waals surface area contributed by atoms with Crippen molar-refractivity contribution in [3.05, 3.63) is 0 Å². The second-order valence-electron chi connectivity index (χ2n) is 7.59. The minimum atomic E-state index is -0.748. The highest BCUT2D eigenvalue weighted by Gasteiger charge is 2.48. The molecule has 0 amide bonds. The molecule has 1 aliphatic rings. The zero-order chi connectivity index (χ0) is 13.5. The summed E-state index contributed by atoms with van der Waals surface area (Å²) in [6, 6.07) is -0.136. The van der Waals surface area contributed by atoms with Crippen LogP contribution in [0.2, 0.25) is 0 Å². The molecule has 102 valence electrons. The molecule has 0 spiro atoms. The maximum Gasteiger partial charge on any atom is 0.0832 e. The summed E-state index contributed by atoms with van der Waals surface area (Å²) in [5.74, 6) is 0.523. The fraction of sp³-hybridized carbons (Fsp3) is 1.00. The predicted molar refractivity (Wildman–Crippen MR) is 72.9 cm³/mol. The first-order valence-corrected chi connectivity index (χ1v) is 6.73. The van der Waals surface area contributed by atoms with Crippen molar-refractivity contribution in [3.63, 3.8) is 0 Å². The molecule has 0 bridgehead atoms. The zero-order valence-electron chi connectivity index (χ0n) is 12.3. The summed E-state index contributed by atoms with van der Waals surface area (Å²) < 4.78 is 0. The van der Waals surface area contributed by atoms with Crippen LogP contribution in [-0.4, -0.2) is 27.8 Å². The average molecular weight is 242 g/mol. The van der Waals surface area contributed by atoms with Crippen molar-refractivity contribution < 1.29 is 5.11 Å². The molecule has 1 fully saturated rings. The monoisotopic (exact) mass is 242 g/mol. The van der Waals surface area contributed by atoms with E-state index in [1.165, 1.54) is 0 Å². The summed E-state index contributed by atoms with van der Waals surface area (Å²) in [5, 5.41) is 14.5. The highest BCUT2D eigenvalue weighted by molar-refractivity contribution is 5.07. The van der Waals surface area contributed by atoms with Crippen LogP contribution in [0.25, 0.3) is 0 Å². The van der Waals surface area contributed by atoms with Crippen LogP contribution in [0.1, 0.15) is 60.8 Å². The van der Waals surface area contributed by atoms with E-state index in [0.717, 1.165) is 19.3 Å². The molecule has 3 heteroatoms. The molecule has 1 unspecified atom stereocenters. The minimum Gasteiger partial charge on any atom is -0.388 e. The van der Waals surface area contributed by atoms with E-state index in [-0.39, 0.29) is 17.1 Å². The van der Waals surface area contributed by atoms with E-state index in [4.69, 9.17) is 5.73 Å². The Morgan fingerprint density at radius 1 is 1.12 bits per heavy atom. The molecular formula is C14H30N2O. The Morgan fingerprint density at radius 3 is 1.88 bits per heavy atom. The van der Waals surface area contributed by atoms with Crippen LogP contribution in [-0.2, 0) is 0 Å². The van der Waals surface area contributed by atoms with Gasteiger partial charge in [-0.1, -0.05) is 13.8 Å². The summed E-state index contributed by atoms with van der Waals surface area (Å²) in [7, 11) is 0. The number of hydrogen-bond donors (Lipinski definition) is 3. The predicted octanol–water partition coefficient (Wildman–Crippen LogP) is 2.03. The third-order valence-electron chi connectivity index (χ3n) is 3.59. The second kappa shape index (κ2) is 4.52. The Labute approximate surface area is 106 Å². The van der Waals surface area contributed by atoms with Gasteiger partial charge >= 0.3 is 0 Å². The lowest BCUT2D eigenvalue weighted by molar-refractivity contribution is -0.0767. The third-order valence-corrected chi connectivity index (χ3v) is 3.59. The molecule has 0 aliphatic carbocycles. The minimum absolute atomic E-state index is 0.0644. The molecule has 0 aromatic carbocycles. The number of rotatable bonds is 3. The van der Waals surface area contributed by atoms with Crippen LogP contribution in [0.5, 0.6) is 0 Å². The number of piperidine rings is 1. The summed E-state index contributed by atoms with van der Waals surface area (Å²) in [6.07, 6.45) is 2.32. The van der Waals surface area contributed by atoms with E-state index in [0.29, 0.717) is 5.92 Å². The molecular weight excluding hydrogens is 212 g/mol. The summed E-state index contributed by atoms with van der Waals surface area (Å²) in [5.41, 5.74) is 5.37. The molecule has 17 heavy (non-hydrogen) atoms. The number of nitrogens with two attached hydrogens (primary N) is 1. The van der Waals surface area contributed by atoms with Gasteiger partial charge in [0.2, 0.25) is 0 Å². The van der Waals surface area contributed by atoms with Crippen LogP contribution in [0, 0.1) is 5.92 Å². The van der Waals surface area contributed by atoms with Crippen molar-refractivity contribution in [2.45, 2.75) is 83.5 Å². The lowest BCUT2D eigenvalue weighted by Gasteiger charge is -2.53. The van der Waals surface area contributed by atoms with E-state index in [9.17, 15) is 5.11 Å². The number of aliphatic hydroxyl groups is 1. The van der Waals surface area contributed by atoms with Gasteiger partial charge in [-0.05, 0) is 52.9 Å². The Morgan fingerprint density at radius 2 is 1.53 bits per heavy atom. The standard InChI is InChI=1S/C14H30N2O/c1-10(2)7-11(15)14(17)8-12(3,4)16-13(5,6)9-14/h10-11,16-17H,7-9,15H2,1-6H3. The van der Waals surface area contributed by atoms with Gasteiger partial charge in [0.15, 0.2) is 0 Å². The molecule has 1 heterocycles. The Hall–Kier alpha value is -0.120. The molecule has 1 atom stereocenters.